The number of urea groups is 1. The third-order valence-electron chi connectivity index (χ3n) is 3.87. The average molecular weight is 271 g/mol. The monoisotopic (exact) mass is 271 g/mol. The van der Waals surface area contributed by atoms with Gasteiger partial charge in [-0.3, -0.25) is 10.2 Å². The first kappa shape index (κ1) is 14.1. The van der Waals surface area contributed by atoms with Crippen LogP contribution in [-0.2, 0) is 9.53 Å². The molecule has 2 unspecified atom stereocenters. The number of nitrogens with one attached hydrogen (secondary N) is 2. The van der Waals surface area contributed by atoms with Crippen molar-refractivity contribution in [2.24, 2.45) is 5.41 Å². The van der Waals surface area contributed by atoms with Gasteiger partial charge >= 0.3 is 12.0 Å². The Labute approximate surface area is 112 Å². The van der Waals surface area contributed by atoms with Gasteiger partial charge in [-0.25, -0.2) is 9.80 Å². The Morgan fingerprint density at radius 2 is 2.00 bits per heavy atom. The summed E-state index contributed by atoms with van der Waals surface area (Å²) in [5.74, 6) is -0.951. The fourth-order valence-corrected chi connectivity index (χ4v) is 2.42. The molecule has 0 spiro atoms. The summed E-state index contributed by atoms with van der Waals surface area (Å²) in [4.78, 5) is 23.1. The van der Waals surface area contributed by atoms with Crippen LogP contribution in [0.2, 0.25) is 0 Å². The van der Waals surface area contributed by atoms with Gasteiger partial charge in [-0.15, -0.1) is 0 Å². The summed E-state index contributed by atoms with van der Waals surface area (Å²) in [6.07, 6.45) is 3.33. The molecule has 19 heavy (non-hydrogen) atoms. The van der Waals surface area contributed by atoms with Gasteiger partial charge in [0.1, 0.15) is 5.41 Å². The number of hydrogen-bond donors (Lipinski definition) is 3. The molecule has 0 aromatic carbocycles. The fourth-order valence-electron chi connectivity index (χ4n) is 2.42. The maximum atomic E-state index is 11.9. The quantitative estimate of drug-likeness (QED) is 0.681. The molecule has 108 valence electrons. The van der Waals surface area contributed by atoms with E-state index in [9.17, 15) is 14.7 Å². The SMILES string of the molecule is CC1(C(=O)O)COCC1NC(=O)NN1CCCCC1. The van der Waals surface area contributed by atoms with E-state index in [-0.39, 0.29) is 19.2 Å². The van der Waals surface area contributed by atoms with Crippen molar-refractivity contribution in [2.75, 3.05) is 26.3 Å². The first-order chi connectivity index (χ1) is 9.02. The first-order valence-electron chi connectivity index (χ1n) is 6.65. The maximum Gasteiger partial charge on any atom is 0.329 e. The normalized spacial score (nSPS) is 31.9. The van der Waals surface area contributed by atoms with E-state index in [4.69, 9.17) is 4.74 Å². The molecule has 2 aliphatic rings. The molecule has 7 nitrogen and oxygen atoms in total. The molecular formula is C12H21N3O4. The first-order valence-corrected chi connectivity index (χ1v) is 6.65. The van der Waals surface area contributed by atoms with Crippen LogP contribution in [0.25, 0.3) is 0 Å². The number of carbonyl (C=O) groups is 2. The predicted octanol–water partition coefficient (Wildman–Crippen LogP) is 0.176. The molecule has 2 fully saturated rings. The molecule has 0 saturated carbocycles. The van der Waals surface area contributed by atoms with Crippen molar-refractivity contribution in [2.45, 2.75) is 32.2 Å². The van der Waals surface area contributed by atoms with E-state index in [1.165, 1.54) is 6.42 Å². The number of carboxylic acid groups (broad SMARTS) is 1. The number of piperidine rings is 1. The Bertz CT molecular complexity index is 357. The van der Waals surface area contributed by atoms with Crippen molar-refractivity contribution in [3.8, 4) is 0 Å². The van der Waals surface area contributed by atoms with E-state index in [0.717, 1.165) is 25.9 Å². The molecule has 0 radical (unpaired) electrons. The van der Waals surface area contributed by atoms with E-state index >= 15 is 0 Å². The van der Waals surface area contributed by atoms with Crippen LogP contribution in [0.4, 0.5) is 4.79 Å². The highest BCUT2D eigenvalue weighted by molar-refractivity contribution is 5.79. The van der Waals surface area contributed by atoms with Gasteiger partial charge in [0.05, 0.1) is 19.3 Å². The molecule has 2 rings (SSSR count). The van der Waals surface area contributed by atoms with Crippen molar-refractivity contribution in [1.29, 1.82) is 0 Å². The van der Waals surface area contributed by atoms with Gasteiger partial charge in [-0.1, -0.05) is 6.42 Å². The summed E-state index contributed by atoms with van der Waals surface area (Å²) in [7, 11) is 0. The molecule has 2 saturated heterocycles. The number of ether oxygens (including phenoxy) is 1. The molecule has 0 aromatic heterocycles. The minimum Gasteiger partial charge on any atom is -0.481 e. The highest BCUT2D eigenvalue weighted by Gasteiger charge is 2.47. The molecule has 3 N–H and O–H groups in total. The van der Waals surface area contributed by atoms with Gasteiger partial charge < -0.3 is 15.2 Å². The molecule has 0 bridgehead atoms. The second-order valence-electron chi connectivity index (χ2n) is 5.42. The Kier molecular flexibility index (Phi) is 4.26. The fraction of sp³-hybridized carbons (Fsp3) is 0.833. The van der Waals surface area contributed by atoms with E-state index in [2.05, 4.69) is 10.7 Å². The zero-order chi connectivity index (χ0) is 13.9. The lowest BCUT2D eigenvalue weighted by Gasteiger charge is -2.29. The second-order valence-corrected chi connectivity index (χ2v) is 5.42. The van der Waals surface area contributed by atoms with E-state index in [1.807, 2.05) is 5.01 Å². The standard InChI is InChI=1S/C12H21N3O4/c1-12(10(16)17)8-19-7-9(12)13-11(18)14-15-5-3-2-4-6-15/h9H,2-8H2,1H3,(H,16,17)(H2,13,14,18). The van der Waals surface area contributed by atoms with Crippen molar-refractivity contribution in [3.05, 3.63) is 0 Å². The number of rotatable bonds is 3. The van der Waals surface area contributed by atoms with E-state index < -0.39 is 17.4 Å². The van der Waals surface area contributed by atoms with Crippen LogP contribution in [0.5, 0.6) is 0 Å². The van der Waals surface area contributed by atoms with Crippen LogP contribution in [0.3, 0.4) is 0 Å². The number of aliphatic carboxylic acids is 1. The number of carboxylic acids is 1. The minimum absolute atomic E-state index is 0.122. The summed E-state index contributed by atoms with van der Waals surface area (Å²) in [6, 6.07) is -0.861. The summed E-state index contributed by atoms with van der Waals surface area (Å²) < 4.78 is 5.19. The molecule has 2 heterocycles. The number of amides is 2. The third kappa shape index (κ3) is 3.16. The maximum absolute atomic E-state index is 11.9. The summed E-state index contributed by atoms with van der Waals surface area (Å²) in [6.45, 7) is 3.62. The van der Waals surface area contributed by atoms with Gasteiger partial charge in [-0.2, -0.15) is 0 Å². The molecule has 0 aromatic rings. The van der Waals surface area contributed by atoms with Gasteiger partial charge in [-0.05, 0) is 19.8 Å². The lowest BCUT2D eigenvalue weighted by Crippen LogP contribution is -2.56. The number of hydrogen-bond acceptors (Lipinski definition) is 4. The van der Waals surface area contributed by atoms with Crippen LogP contribution in [0.1, 0.15) is 26.2 Å². The lowest BCUT2D eigenvalue weighted by molar-refractivity contribution is -0.148. The number of nitrogens with zero attached hydrogens (tertiary/aromatic N) is 1. The Balaban J connectivity index is 1.86. The zero-order valence-corrected chi connectivity index (χ0v) is 11.1. The largest absolute Gasteiger partial charge is 0.481 e. The van der Waals surface area contributed by atoms with Crippen LogP contribution >= 0.6 is 0 Å². The van der Waals surface area contributed by atoms with Crippen molar-refractivity contribution in [3.63, 3.8) is 0 Å². The molecule has 2 atom stereocenters. The van der Waals surface area contributed by atoms with Crippen LogP contribution < -0.4 is 10.7 Å². The van der Waals surface area contributed by atoms with Crippen molar-refractivity contribution in [1.82, 2.24) is 15.8 Å². The van der Waals surface area contributed by atoms with Crippen LogP contribution in [0.15, 0.2) is 0 Å². The van der Waals surface area contributed by atoms with Crippen LogP contribution in [-0.4, -0.2) is 54.5 Å². The average Bonchev–Trinajstić information content (AvgIpc) is 2.73. The second kappa shape index (κ2) is 5.75. The van der Waals surface area contributed by atoms with Gasteiger partial charge in [0.15, 0.2) is 0 Å². The highest BCUT2D eigenvalue weighted by atomic mass is 16.5. The lowest BCUT2D eigenvalue weighted by atomic mass is 9.85. The zero-order valence-electron chi connectivity index (χ0n) is 11.1. The third-order valence-corrected chi connectivity index (χ3v) is 3.87. The van der Waals surface area contributed by atoms with Crippen LogP contribution in [0, 0.1) is 5.41 Å². The molecule has 7 heteroatoms. The van der Waals surface area contributed by atoms with Crippen molar-refractivity contribution < 1.29 is 19.4 Å². The Hall–Kier alpha value is -1.34. The van der Waals surface area contributed by atoms with Gasteiger partial charge in [0.2, 0.25) is 0 Å². The van der Waals surface area contributed by atoms with Gasteiger partial charge in [0.25, 0.3) is 0 Å². The van der Waals surface area contributed by atoms with Gasteiger partial charge in [0, 0.05) is 13.1 Å². The smallest absolute Gasteiger partial charge is 0.329 e. The number of hydrazine groups is 1. The highest BCUT2D eigenvalue weighted by Crippen LogP contribution is 2.28. The molecule has 2 aliphatic heterocycles. The number of carbonyl (C=O) groups excluding carboxylic acids is 1. The summed E-state index contributed by atoms with van der Waals surface area (Å²) >= 11 is 0. The molecule has 2 amide bonds. The Morgan fingerprint density at radius 3 is 2.63 bits per heavy atom. The van der Waals surface area contributed by atoms with E-state index in [0.29, 0.717) is 0 Å². The van der Waals surface area contributed by atoms with Crippen molar-refractivity contribution >= 4 is 12.0 Å². The predicted molar refractivity (Wildman–Crippen MR) is 67.4 cm³/mol. The minimum atomic E-state index is -1.06. The summed E-state index contributed by atoms with van der Waals surface area (Å²) in [5.41, 5.74) is 1.70. The molecule has 0 aliphatic carbocycles. The Morgan fingerprint density at radius 1 is 1.32 bits per heavy atom. The van der Waals surface area contributed by atoms with E-state index in [1.54, 1.807) is 6.92 Å². The topological polar surface area (TPSA) is 90.9 Å². The molecular weight excluding hydrogens is 250 g/mol. The summed E-state index contributed by atoms with van der Waals surface area (Å²) in [5, 5.41) is 13.8.